The summed E-state index contributed by atoms with van der Waals surface area (Å²) in [6, 6.07) is 57.8. The Balaban J connectivity index is 1.11. The van der Waals surface area contributed by atoms with Crippen LogP contribution >= 0.6 is 0 Å². The van der Waals surface area contributed by atoms with Gasteiger partial charge < -0.3 is 18.3 Å². The number of aryl methyl sites for hydroxylation is 2. The van der Waals surface area contributed by atoms with E-state index < -0.39 is 0 Å². The number of pyridine rings is 2. The second kappa shape index (κ2) is 12.0. The minimum atomic E-state index is -0.0594. The van der Waals surface area contributed by atoms with Crippen LogP contribution in [0.1, 0.15) is 0 Å². The van der Waals surface area contributed by atoms with Crippen LogP contribution < -0.4 is 10.9 Å². The van der Waals surface area contributed by atoms with Crippen molar-refractivity contribution in [1.82, 2.24) is 18.3 Å². The summed E-state index contributed by atoms with van der Waals surface area (Å²) in [6.45, 7) is 0. The summed E-state index contributed by atoms with van der Waals surface area (Å²) in [5.74, 6) is 0. The Hall–Kier alpha value is -7.44. The van der Waals surface area contributed by atoms with Crippen LogP contribution in [0.25, 0.3) is 99.3 Å². The summed E-state index contributed by atoms with van der Waals surface area (Å²) in [5, 5.41) is 4.67. The van der Waals surface area contributed by atoms with Gasteiger partial charge in [-0.1, -0.05) is 84.9 Å². The molecule has 0 unspecified atom stereocenters. The fraction of sp³-hybridized carbons (Fsp3) is 0.0400. The van der Waals surface area contributed by atoms with E-state index in [1.54, 1.807) is 0 Å². The second-order valence-corrected chi connectivity index (χ2v) is 14.6. The van der Waals surface area contributed by atoms with Crippen molar-refractivity contribution in [3.05, 3.63) is 190 Å². The summed E-state index contributed by atoms with van der Waals surface area (Å²) < 4.78 is 8.59. The van der Waals surface area contributed by atoms with Gasteiger partial charge in [-0.2, -0.15) is 0 Å². The van der Waals surface area contributed by atoms with Crippen LogP contribution in [0.15, 0.2) is 179 Å². The second-order valence-electron chi connectivity index (χ2n) is 14.6. The van der Waals surface area contributed by atoms with Gasteiger partial charge in [0.25, 0.3) is 0 Å². The molecule has 0 aliphatic carbocycles. The molecule has 0 saturated carbocycles. The predicted molar refractivity (Wildman–Crippen MR) is 231 cm³/mol. The molecule has 0 bridgehead atoms. The maximum atomic E-state index is 14.6. The highest BCUT2D eigenvalue weighted by atomic mass is 16.1. The van der Waals surface area contributed by atoms with E-state index >= 15 is 0 Å². The Morgan fingerprint density at radius 3 is 1.14 bits per heavy atom. The number of hydrogen-bond acceptors (Lipinski definition) is 2. The third-order valence-electron chi connectivity index (χ3n) is 11.6. The number of fused-ring (bicyclic) bond motifs is 6. The number of nitrogens with zero attached hydrogens (tertiary/aromatic N) is 4. The molecule has 0 fully saturated rings. The third kappa shape index (κ3) is 4.62. The molecule has 11 aromatic rings. The van der Waals surface area contributed by atoms with Gasteiger partial charge in [-0.3, -0.25) is 9.59 Å². The lowest BCUT2D eigenvalue weighted by Gasteiger charge is -2.16. The van der Waals surface area contributed by atoms with E-state index in [4.69, 9.17) is 0 Å². The molecule has 0 amide bonds. The van der Waals surface area contributed by atoms with E-state index in [0.717, 1.165) is 77.8 Å². The Morgan fingerprint density at radius 1 is 0.339 bits per heavy atom. The summed E-state index contributed by atoms with van der Waals surface area (Å²) >= 11 is 0. The first-order chi connectivity index (χ1) is 27.4. The lowest BCUT2D eigenvalue weighted by atomic mass is 10.0. The highest BCUT2D eigenvalue weighted by Gasteiger charge is 2.19. The van der Waals surface area contributed by atoms with E-state index in [1.165, 1.54) is 0 Å². The zero-order valence-electron chi connectivity index (χ0n) is 30.8. The smallest absolute Gasteiger partial charge is 0.197 e. The highest BCUT2D eigenvalue weighted by molar-refractivity contribution is 6.05. The maximum Gasteiger partial charge on any atom is 0.197 e. The summed E-state index contributed by atoms with van der Waals surface area (Å²) in [4.78, 5) is 29.1. The molecular weight excluding hydrogens is 689 g/mol. The monoisotopic (exact) mass is 722 g/mol. The summed E-state index contributed by atoms with van der Waals surface area (Å²) in [6.07, 6.45) is 0. The lowest BCUT2D eigenvalue weighted by Crippen LogP contribution is -2.13. The van der Waals surface area contributed by atoms with Crippen molar-refractivity contribution in [2.75, 3.05) is 0 Å². The maximum absolute atomic E-state index is 14.6. The van der Waals surface area contributed by atoms with Gasteiger partial charge in [0.15, 0.2) is 10.9 Å². The molecule has 0 atom stereocenters. The van der Waals surface area contributed by atoms with Gasteiger partial charge in [0, 0.05) is 57.8 Å². The third-order valence-corrected chi connectivity index (χ3v) is 11.6. The molecule has 7 aromatic carbocycles. The first kappa shape index (κ1) is 32.0. The number of rotatable bonds is 4. The predicted octanol–water partition coefficient (Wildman–Crippen LogP) is 10.9. The fourth-order valence-corrected chi connectivity index (χ4v) is 8.83. The Morgan fingerprint density at radius 2 is 0.714 bits per heavy atom. The molecule has 0 spiro atoms. The van der Waals surface area contributed by atoms with Crippen LogP contribution in [-0.4, -0.2) is 18.3 Å². The van der Waals surface area contributed by atoms with Crippen LogP contribution in [0, 0.1) is 0 Å². The fourth-order valence-electron chi connectivity index (χ4n) is 8.83. The van der Waals surface area contributed by atoms with Crippen LogP contribution in [0.4, 0.5) is 0 Å². The zero-order chi connectivity index (χ0) is 37.7. The van der Waals surface area contributed by atoms with Crippen molar-refractivity contribution in [2.45, 2.75) is 0 Å². The molecule has 0 aliphatic rings. The Kier molecular flexibility index (Phi) is 6.88. The molecule has 0 saturated heterocycles. The molecular formula is C50H34N4O2. The topological polar surface area (TPSA) is 53.9 Å². The molecule has 266 valence electrons. The Labute approximate surface area is 321 Å². The molecule has 4 heterocycles. The Bertz CT molecular complexity index is 3300. The van der Waals surface area contributed by atoms with Crippen molar-refractivity contribution >= 4 is 65.4 Å². The zero-order valence-corrected chi connectivity index (χ0v) is 30.8. The van der Waals surface area contributed by atoms with Gasteiger partial charge in [0.1, 0.15) is 0 Å². The first-order valence-electron chi connectivity index (χ1n) is 18.8. The van der Waals surface area contributed by atoms with Gasteiger partial charge in [0.2, 0.25) is 0 Å². The first-order valence-corrected chi connectivity index (χ1v) is 18.8. The quantitative estimate of drug-likeness (QED) is 0.170. The molecule has 6 heteroatoms. The van der Waals surface area contributed by atoms with Crippen molar-refractivity contribution in [3.63, 3.8) is 0 Å². The molecule has 0 N–H and O–H groups in total. The molecule has 4 aromatic heterocycles. The number of benzene rings is 7. The summed E-state index contributed by atoms with van der Waals surface area (Å²) in [7, 11) is 3.95. The van der Waals surface area contributed by atoms with Crippen molar-refractivity contribution in [2.24, 2.45) is 14.1 Å². The van der Waals surface area contributed by atoms with Crippen LogP contribution in [-0.2, 0) is 14.1 Å². The molecule has 56 heavy (non-hydrogen) atoms. The summed E-state index contributed by atoms with van der Waals surface area (Å²) in [5.41, 5.74) is 11.2. The van der Waals surface area contributed by atoms with Crippen LogP contribution in [0.5, 0.6) is 0 Å². The normalized spacial score (nSPS) is 11.9. The van der Waals surface area contributed by atoms with Crippen molar-refractivity contribution in [1.29, 1.82) is 0 Å². The number of para-hydroxylation sites is 4. The number of hydrogen-bond donors (Lipinski definition) is 0. The van der Waals surface area contributed by atoms with E-state index in [9.17, 15) is 9.59 Å². The van der Waals surface area contributed by atoms with Gasteiger partial charge in [-0.05, 0) is 96.1 Å². The minimum Gasteiger partial charge on any atom is -0.343 e. The van der Waals surface area contributed by atoms with E-state index in [2.05, 4.69) is 106 Å². The molecule has 11 rings (SSSR count). The minimum absolute atomic E-state index is 0.0594. The largest absolute Gasteiger partial charge is 0.343 e. The molecule has 0 aliphatic heterocycles. The van der Waals surface area contributed by atoms with Gasteiger partial charge in [-0.25, -0.2) is 0 Å². The average molecular weight is 723 g/mol. The lowest BCUT2D eigenvalue weighted by molar-refractivity contribution is 0.993. The van der Waals surface area contributed by atoms with E-state index in [0.29, 0.717) is 21.5 Å². The van der Waals surface area contributed by atoms with Crippen molar-refractivity contribution in [3.8, 4) is 33.9 Å². The van der Waals surface area contributed by atoms with Gasteiger partial charge in [0.05, 0.1) is 44.5 Å². The van der Waals surface area contributed by atoms with Gasteiger partial charge >= 0.3 is 0 Å². The SMILES string of the molecule is Cn1c2ccc(-c3cc4ccccc4n3-c3ccccc3)cc2c(=O)c2cc3c(cc21)c(=O)c1cc(-c2cc4ccccc4n2-c2ccccc2)ccc1n3C. The number of aromatic nitrogens is 4. The van der Waals surface area contributed by atoms with Crippen LogP contribution in [0.3, 0.4) is 0 Å². The van der Waals surface area contributed by atoms with Gasteiger partial charge in [-0.15, -0.1) is 0 Å². The highest BCUT2D eigenvalue weighted by Crippen LogP contribution is 2.36. The van der Waals surface area contributed by atoms with Crippen molar-refractivity contribution < 1.29 is 0 Å². The van der Waals surface area contributed by atoms with Crippen LogP contribution in [0.2, 0.25) is 0 Å². The average Bonchev–Trinajstić information content (AvgIpc) is 3.84. The molecule has 6 nitrogen and oxygen atoms in total. The molecule has 0 radical (unpaired) electrons. The standard InChI is InChI=1S/C50H34N4O2/c1-51-43-23-21-33(45-27-31-13-9-11-19-41(31)53(45)35-15-5-3-6-16-35)25-37(43)49(55)39-30-48-40(29-47(39)51)50(56)38-26-34(22-24-44(38)52(48)2)46-28-32-14-10-12-20-42(32)54(46)36-17-7-4-8-18-36/h3-30H,1-2H3. The van der Waals surface area contributed by atoms with E-state index in [1.807, 2.05) is 96.0 Å². The van der Waals surface area contributed by atoms with E-state index in [-0.39, 0.29) is 10.9 Å².